The van der Waals surface area contributed by atoms with Crippen LogP contribution in [-0.4, -0.2) is 41.1 Å². The molecule has 1 heterocycles. The van der Waals surface area contributed by atoms with Crippen LogP contribution in [-0.2, 0) is 4.79 Å². The third-order valence-corrected chi connectivity index (χ3v) is 4.76. The lowest BCUT2D eigenvalue weighted by Crippen LogP contribution is -2.37. The average Bonchev–Trinajstić information content (AvgIpc) is 2.84. The van der Waals surface area contributed by atoms with Crippen LogP contribution in [0.25, 0.3) is 0 Å². The number of nitrogens with one attached hydrogen (secondary N) is 1. The van der Waals surface area contributed by atoms with Crippen molar-refractivity contribution in [2.45, 2.75) is 52.5 Å². The molecule has 5 heteroatoms. The fourth-order valence-electron chi connectivity index (χ4n) is 3.52. The Kier molecular flexibility index (Phi) is 4.94. The summed E-state index contributed by atoms with van der Waals surface area (Å²) in [5.74, 6) is -0.0311. The molecular weight excluding hydrogens is 280 g/mol. The third-order valence-electron chi connectivity index (χ3n) is 4.76. The van der Waals surface area contributed by atoms with Crippen molar-refractivity contribution in [1.29, 1.82) is 0 Å². The molecule has 122 valence electrons. The zero-order valence-corrected chi connectivity index (χ0v) is 13.7. The van der Waals surface area contributed by atoms with E-state index in [-0.39, 0.29) is 17.4 Å². The molecular formula is C17H26N2O3. The van der Waals surface area contributed by atoms with Gasteiger partial charge in [0.05, 0.1) is 6.04 Å². The van der Waals surface area contributed by atoms with Crippen LogP contribution in [0.2, 0.25) is 0 Å². The summed E-state index contributed by atoms with van der Waals surface area (Å²) in [6.07, 6.45) is 6.72. The van der Waals surface area contributed by atoms with Gasteiger partial charge in [0, 0.05) is 19.2 Å². The van der Waals surface area contributed by atoms with Crippen molar-refractivity contribution in [2.75, 3.05) is 13.1 Å². The number of allylic oxidation sites excluding steroid dienone is 3. The van der Waals surface area contributed by atoms with E-state index in [0.29, 0.717) is 19.5 Å². The maximum Gasteiger partial charge on any atom is 0.404 e. The van der Waals surface area contributed by atoms with Crippen molar-refractivity contribution in [3.8, 4) is 0 Å². The summed E-state index contributed by atoms with van der Waals surface area (Å²) >= 11 is 0. The molecule has 0 aromatic carbocycles. The van der Waals surface area contributed by atoms with Crippen molar-refractivity contribution in [3.05, 3.63) is 23.3 Å². The Hall–Kier alpha value is -1.78. The number of carbonyl (C=O) groups is 2. The van der Waals surface area contributed by atoms with Gasteiger partial charge in [-0.2, -0.15) is 0 Å². The number of hydrogen-bond donors (Lipinski definition) is 2. The van der Waals surface area contributed by atoms with E-state index >= 15 is 0 Å². The molecule has 2 amide bonds. The topological polar surface area (TPSA) is 69.6 Å². The van der Waals surface area contributed by atoms with Crippen LogP contribution in [0.15, 0.2) is 23.3 Å². The highest BCUT2D eigenvalue weighted by Crippen LogP contribution is 2.40. The summed E-state index contributed by atoms with van der Waals surface area (Å²) < 4.78 is 0. The minimum atomic E-state index is -1.03. The van der Waals surface area contributed by atoms with Gasteiger partial charge in [-0.3, -0.25) is 4.79 Å². The molecule has 2 rings (SSSR count). The first-order valence-corrected chi connectivity index (χ1v) is 7.96. The molecule has 0 spiro atoms. The predicted molar refractivity (Wildman–Crippen MR) is 85.6 cm³/mol. The molecule has 1 aliphatic heterocycles. The van der Waals surface area contributed by atoms with E-state index < -0.39 is 6.09 Å². The largest absolute Gasteiger partial charge is 0.465 e. The second-order valence-corrected chi connectivity index (χ2v) is 6.98. The third kappa shape index (κ3) is 3.90. The second kappa shape index (κ2) is 6.55. The first kappa shape index (κ1) is 16.6. The van der Waals surface area contributed by atoms with Gasteiger partial charge < -0.3 is 15.3 Å². The minimum Gasteiger partial charge on any atom is -0.465 e. The van der Waals surface area contributed by atoms with Crippen LogP contribution in [0.5, 0.6) is 0 Å². The summed E-state index contributed by atoms with van der Waals surface area (Å²) in [7, 11) is 0. The first-order chi connectivity index (χ1) is 10.3. The highest BCUT2D eigenvalue weighted by atomic mass is 16.4. The highest BCUT2D eigenvalue weighted by Gasteiger charge is 2.28. The molecule has 1 unspecified atom stereocenters. The Labute approximate surface area is 132 Å². The molecule has 22 heavy (non-hydrogen) atoms. The first-order valence-electron chi connectivity index (χ1n) is 7.96. The standard InChI is InChI=1S/C17H26N2O3/c1-12-5-4-9-17(2,3)14(12)6-7-15(20)19-10-8-13(11-19)18-16(21)22/h6-7,13,18H,4-5,8-11H2,1-3H3,(H,21,22). The van der Waals surface area contributed by atoms with Crippen LogP contribution >= 0.6 is 0 Å². The van der Waals surface area contributed by atoms with Gasteiger partial charge in [-0.15, -0.1) is 0 Å². The van der Waals surface area contributed by atoms with E-state index in [1.165, 1.54) is 17.6 Å². The van der Waals surface area contributed by atoms with Gasteiger partial charge in [0.1, 0.15) is 0 Å². The number of likely N-dealkylation sites (tertiary alicyclic amines) is 1. The van der Waals surface area contributed by atoms with E-state index in [2.05, 4.69) is 26.1 Å². The smallest absolute Gasteiger partial charge is 0.404 e. The van der Waals surface area contributed by atoms with Crippen molar-refractivity contribution in [3.63, 3.8) is 0 Å². The van der Waals surface area contributed by atoms with Crippen LogP contribution in [0.4, 0.5) is 4.79 Å². The Bertz CT molecular complexity index is 520. The van der Waals surface area contributed by atoms with Crippen molar-refractivity contribution in [1.82, 2.24) is 10.2 Å². The lowest BCUT2D eigenvalue weighted by atomic mass is 9.72. The van der Waals surface area contributed by atoms with E-state index in [1.54, 1.807) is 11.0 Å². The Morgan fingerprint density at radius 2 is 2.14 bits per heavy atom. The predicted octanol–water partition coefficient (Wildman–Crippen LogP) is 2.94. The molecule has 0 aromatic rings. The number of rotatable bonds is 3. The summed E-state index contributed by atoms with van der Waals surface area (Å²) in [6.45, 7) is 7.66. The summed E-state index contributed by atoms with van der Waals surface area (Å²) in [5, 5.41) is 11.2. The van der Waals surface area contributed by atoms with Gasteiger partial charge in [-0.1, -0.05) is 25.5 Å². The number of amides is 2. The molecule has 5 nitrogen and oxygen atoms in total. The van der Waals surface area contributed by atoms with Gasteiger partial charge in [-0.05, 0) is 43.6 Å². The van der Waals surface area contributed by atoms with Crippen molar-refractivity contribution < 1.29 is 14.7 Å². The molecule has 0 radical (unpaired) electrons. The number of nitrogens with zero attached hydrogens (tertiary/aromatic N) is 1. The molecule has 1 saturated heterocycles. The highest BCUT2D eigenvalue weighted by molar-refractivity contribution is 5.88. The Morgan fingerprint density at radius 1 is 1.41 bits per heavy atom. The van der Waals surface area contributed by atoms with E-state index in [4.69, 9.17) is 5.11 Å². The number of carboxylic acid groups (broad SMARTS) is 1. The molecule has 1 atom stereocenters. The monoisotopic (exact) mass is 306 g/mol. The Morgan fingerprint density at radius 3 is 2.77 bits per heavy atom. The second-order valence-electron chi connectivity index (χ2n) is 6.98. The molecule has 0 bridgehead atoms. The van der Waals surface area contributed by atoms with Gasteiger partial charge in [0.15, 0.2) is 0 Å². The van der Waals surface area contributed by atoms with Crippen molar-refractivity contribution in [2.24, 2.45) is 5.41 Å². The molecule has 1 aliphatic carbocycles. The van der Waals surface area contributed by atoms with Crippen LogP contribution in [0.3, 0.4) is 0 Å². The molecule has 2 N–H and O–H groups in total. The number of carbonyl (C=O) groups excluding carboxylic acids is 1. The summed E-state index contributed by atoms with van der Waals surface area (Å²) in [4.78, 5) is 24.6. The van der Waals surface area contributed by atoms with E-state index in [0.717, 1.165) is 12.8 Å². The lowest BCUT2D eigenvalue weighted by molar-refractivity contribution is -0.125. The van der Waals surface area contributed by atoms with Gasteiger partial charge in [0.25, 0.3) is 0 Å². The van der Waals surface area contributed by atoms with Crippen LogP contribution in [0, 0.1) is 5.41 Å². The molecule has 1 fully saturated rings. The fourth-order valence-corrected chi connectivity index (χ4v) is 3.52. The van der Waals surface area contributed by atoms with Gasteiger partial charge in [-0.25, -0.2) is 4.79 Å². The van der Waals surface area contributed by atoms with Crippen LogP contribution < -0.4 is 5.32 Å². The normalized spacial score (nSPS) is 24.9. The minimum absolute atomic E-state index is 0.0311. The zero-order chi connectivity index (χ0) is 16.3. The molecule has 2 aliphatic rings. The van der Waals surface area contributed by atoms with E-state index in [9.17, 15) is 9.59 Å². The average molecular weight is 306 g/mol. The zero-order valence-electron chi connectivity index (χ0n) is 13.7. The van der Waals surface area contributed by atoms with Crippen LogP contribution in [0.1, 0.15) is 46.5 Å². The van der Waals surface area contributed by atoms with Gasteiger partial charge >= 0.3 is 6.09 Å². The van der Waals surface area contributed by atoms with Gasteiger partial charge in [0.2, 0.25) is 5.91 Å². The molecule has 0 saturated carbocycles. The SMILES string of the molecule is CC1=C(C=CC(=O)N2CCC(NC(=O)O)C2)C(C)(C)CCC1. The lowest BCUT2D eigenvalue weighted by Gasteiger charge is -2.33. The van der Waals surface area contributed by atoms with Crippen molar-refractivity contribution >= 4 is 12.0 Å². The summed E-state index contributed by atoms with van der Waals surface area (Å²) in [6, 6.07) is -0.151. The Balaban J connectivity index is 1.99. The quantitative estimate of drug-likeness (QED) is 0.788. The maximum atomic E-state index is 12.3. The summed E-state index contributed by atoms with van der Waals surface area (Å²) in [5.41, 5.74) is 2.76. The number of hydrogen-bond acceptors (Lipinski definition) is 2. The fraction of sp³-hybridized carbons (Fsp3) is 0.647. The maximum absolute atomic E-state index is 12.3. The molecule has 0 aromatic heterocycles. The van der Waals surface area contributed by atoms with E-state index in [1.807, 2.05) is 6.08 Å².